The van der Waals surface area contributed by atoms with Crippen molar-refractivity contribution in [3.63, 3.8) is 0 Å². The molecule has 0 heterocycles. The highest BCUT2D eigenvalue weighted by Crippen LogP contribution is 2.19. The Hall–Kier alpha value is -0.670. The molecule has 0 radical (unpaired) electrons. The van der Waals surface area contributed by atoms with Gasteiger partial charge in [0.05, 0.1) is 25.3 Å². The van der Waals surface area contributed by atoms with Crippen LogP contribution in [0.15, 0.2) is 0 Å². The summed E-state index contributed by atoms with van der Waals surface area (Å²) in [4.78, 5) is 2.28. The van der Waals surface area contributed by atoms with Gasteiger partial charge in [-0.15, -0.1) is 0 Å². The quantitative estimate of drug-likeness (QED) is 0.586. The van der Waals surface area contributed by atoms with Crippen LogP contribution < -0.4 is 5.32 Å². The minimum atomic E-state index is -0.0231. The number of methoxy groups -OCH3 is 2. The molecule has 0 spiro atoms. The summed E-state index contributed by atoms with van der Waals surface area (Å²) in [6.07, 6.45) is 3.30. The molecule has 1 saturated carbocycles. The van der Waals surface area contributed by atoms with E-state index >= 15 is 0 Å². The van der Waals surface area contributed by atoms with Gasteiger partial charge in [-0.2, -0.15) is 5.26 Å². The first-order chi connectivity index (χ1) is 8.80. The van der Waals surface area contributed by atoms with Gasteiger partial charge in [0.2, 0.25) is 0 Å². The third-order valence-electron chi connectivity index (χ3n) is 3.13. The molecule has 0 saturated heterocycles. The number of hydrogen-bond acceptors (Lipinski definition) is 5. The first kappa shape index (κ1) is 15.4. The molecule has 18 heavy (non-hydrogen) atoms. The van der Waals surface area contributed by atoms with Crippen molar-refractivity contribution < 1.29 is 9.47 Å². The van der Waals surface area contributed by atoms with E-state index in [9.17, 15) is 0 Å². The van der Waals surface area contributed by atoms with Crippen LogP contribution in [-0.4, -0.2) is 64.1 Å². The van der Waals surface area contributed by atoms with Crippen LogP contribution in [-0.2, 0) is 9.47 Å². The number of ether oxygens (including phenoxy) is 2. The summed E-state index contributed by atoms with van der Waals surface area (Å²) in [6, 6.07) is 2.90. The Labute approximate surface area is 110 Å². The van der Waals surface area contributed by atoms with E-state index < -0.39 is 0 Å². The normalized spacial score (nSPS) is 16.8. The van der Waals surface area contributed by atoms with Crippen LogP contribution in [0.3, 0.4) is 0 Å². The molecule has 0 amide bonds. The molecule has 5 nitrogen and oxygen atoms in total. The van der Waals surface area contributed by atoms with E-state index in [0.717, 1.165) is 39.3 Å². The van der Waals surface area contributed by atoms with Gasteiger partial charge in [0.15, 0.2) is 0 Å². The second kappa shape index (κ2) is 9.29. The smallest absolute Gasteiger partial charge is 0.0967 e. The van der Waals surface area contributed by atoms with Crippen LogP contribution in [0.5, 0.6) is 0 Å². The van der Waals surface area contributed by atoms with Crippen molar-refractivity contribution in [2.24, 2.45) is 0 Å². The Balaban J connectivity index is 2.21. The third kappa shape index (κ3) is 6.92. The molecule has 1 aliphatic rings. The lowest BCUT2D eigenvalue weighted by Crippen LogP contribution is -2.37. The van der Waals surface area contributed by atoms with Crippen molar-refractivity contribution in [3.05, 3.63) is 0 Å². The standard InChI is InChI=1S/C13H25N3O2/c1-17-9-7-16(8-10-18-2)6-5-13(11-14)15-12-3-4-12/h12-13,15H,3-10H2,1-2H3. The molecule has 1 N–H and O–H groups in total. The zero-order chi connectivity index (χ0) is 13.2. The second-order valence-electron chi connectivity index (χ2n) is 4.74. The Bertz CT molecular complexity index is 243. The highest BCUT2D eigenvalue weighted by Gasteiger charge is 2.24. The maximum Gasteiger partial charge on any atom is 0.0967 e. The molecule has 1 atom stereocenters. The van der Waals surface area contributed by atoms with Crippen LogP contribution in [0.25, 0.3) is 0 Å². The molecular formula is C13H25N3O2. The van der Waals surface area contributed by atoms with Gasteiger partial charge in [0.1, 0.15) is 0 Å². The van der Waals surface area contributed by atoms with E-state index in [2.05, 4.69) is 16.3 Å². The lowest BCUT2D eigenvalue weighted by molar-refractivity contribution is 0.112. The Kier molecular flexibility index (Phi) is 7.94. The van der Waals surface area contributed by atoms with Gasteiger partial charge < -0.3 is 9.47 Å². The topological polar surface area (TPSA) is 57.5 Å². The van der Waals surface area contributed by atoms with Crippen LogP contribution in [0.1, 0.15) is 19.3 Å². The molecule has 0 aromatic rings. The summed E-state index contributed by atoms with van der Waals surface area (Å²) in [7, 11) is 3.42. The van der Waals surface area contributed by atoms with E-state index in [1.807, 2.05) is 0 Å². The molecular weight excluding hydrogens is 230 g/mol. The minimum Gasteiger partial charge on any atom is -0.383 e. The summed E-state index contributed by atoms with van der Waals surface area (Å²) in [5.41, 5.74) is 0. The molecule has 104 valence electrons. The molecule has 1 aliphatic carbocycles. The van der Waals surface area contributed by atoms with E-state index in [0.29, 0.717) is 6.04 Å². The van der Waals surface area contributed by atoms with Crippen LogP contribution >= 0.6 is 0 Å². The summed E-state index contributed by atoms with van der Waals surface area (Å²) >= 11 is 0. The summed E-state index contributed by atoms with van der Waals surface area (Å²) < 4.78 is 10.2. The fraction of sp³-hybridized carbons (Fsp3) is 0.923. The number of hydrogen-bond donors (Lipinski definition) is 1. The van der Waals surface area contributed by atoms with Gasteiger partial charge in [0, 0.05) is 39.9 Å². The number of nitriles is 1. The molecule has 0 aromatic carbocycles. The minimum absolute atomic E-state index is 0.0231. The fourth-order valence-electron chi connectivity index (χ4n) is 1.81. The fourth-order valence-corrected chi connectivity index (χ4v) is 1.81. The zero-order valence-corrected chi connectivity index (χ0v) is 11.5. The van der Waals surface area contributed by atoms with E-state index in [1.165, 1.54) is 12.8 Å². The zero-order valence-electron chi connectivity index (χ0n) is 11.5. The molecule has 5 heteroatoms. The largest absolute Gasteiger partial charge is 0.383 e. The highest BCUT2D eigenvalue weighted by atomic mass is 16.5. The van der Waals surface area contributed by atoms with Gasteiger partial charge in [-0.3, -0.25) is 10.2 Å². The lowest BCUT2D eigenvalue weighted by Gasteiger charge is -2.23. The van der Waals surface area contributed by atoms with Crippen molar-refractivity contribution in [1.82, 2.24) is 10.2 Å². The summed E-state index contributed by atoms with van der Waals surface area (Å²) in [5.74, 6) is 0. The average molecular weight is 255 g/mol. The Morgan fingerprint density at radius 1 is 1.22 bits per heavy atom. The molecule has 1 fully saturated rings. The molecule has 0 bridgehead atoms. The van der Waals surface area contributed by atoms with Crippen LogP contribution in [0.2, 0.25) is 0 Å². The van der Waals surface area contributed by atoms with E-state index in [-0.39, 0.29) is 6.04 Å². The Morgan fingerprint density at radius 2 is 1.83 bits per heavy atom. The molecule has 0 aliphatic heterocycles. The van der Waals surface area contributed by atoms with Crippen molar-refractivity contribution in [3.8, 4) is 6.07 Å². The van der Waals surface area contributed by atoms with Crippen molar-refractivity contribution in [2.75, 3.05) is 47.1 Å². The molecule has 1 rings (SSSR count). The Morgan fingerprint density at radius 3 is 2.28 bits per heavy atom. The van der Waals surface area contributed by atoms with Crippen LogP contribution in [0.4, 0.5) is 0 Å². The predicted molar refractivity (Wildman–Crippen MR) is 70.4 cm³/mol. The van der Waals surface area contributed by atoms with Gasteiger partial charge >= 0.3 is 0 Å². The van der Waals surface area contributed by atoms with Gasteiger partial charge in [-0.1, -0.05) is 0 Å². The molecule has 1 unspecified atom stereocenters. The molecule has 0 aromatic heterocycles. The first-order valence-electron chi connectivity index (χ1n) is 6.66. The van der Waals surface area contributed by atoms with E-state index in [1.54, 1.807) is 14.2 Å². The number of nitrogens with zero attached hydrogens (tertiary/aromatic N) is 2. The van der Waals surface area contributed by atoms with Gasteiger partial charge in [-0.25, -0.2) is 0 Å². The predicted octanol–water partition coefficient (Wildman–Crippen LogP) is 0.615. The third-order valence-corrected chi connectivity index (χ3v) is 3.13. The van der Waals surface area contributed by atoms with Crippen molar-refractivity contribution in [2.45, 2.75) is 31.3 Å². The van der Waals surface area contributed by atoms with E-state index in [4.69, 9.17) is 14.7 Å². The first-order valence-corrected chi connectivity index (χ1v) is 6.66. The highest BCUT2D eigenvalue weighted by molar-refractivity contribution is 4.96. The average Bonchev–Trinajstić information content (AvgIpc) is 3.20. The monoisotopic (exact) mass is 255 g/mol. The van der Waals surface area contributed by atoms with Crippen molar-refractivity contribution >= 4 is 0 Å². The van der Waals surface area contributed by atoms with Crippen LogP contribution in [0, 0.1) is 11.3 Å². The van der Waals surface area contributed by atoms with Crippen molar-refractivity contribution in [1.29, 1.82) is 5.26 Å². The summed E-state index contributed by atoms with van der Waals surface area (Å²) in [6.45, 7) is 4.13. The number of rotatable bonds is 11. The maximum absolute atomic E-state index is 9.09. The number of nitrogens with one attached hydrogen (secondary N) is 1. The maximum atomic E-state index is 9.09. The van der Waals surface area contributed by atoms with Gasteiger partial charge in [0.25, 0.3) is 0 Å². The van der Waals surface area contributed by atoms with Gasteiger partial charge in [-0.05, 0) is 19.3 Å². The SMILES string of the molecule is COCCN(CCOC)CCC(C#N)NC1CC1. The second-order valence-corrected chi connectivity index (χ2v) is 4.74. The summed E-state index contributed by atoms with van der Waals surface area (Å²) in [5, 5.41) is 12.4. The lowest BCUT2D eigenvalue weighted by atomic mass is 10.2.